The molecule has 0 amide bonds. The number of rotatable bonds is 0. The molecule has 0 bridgehead atoms. The Morgan fingerprint density at radius 1 is 1.23 bits per heavy atom. The van der Waals surface area contributed by atoms with Crippen LogP contribution in [-0.4, -0.2) is 0 Å². The van der Waals surface area contributed by atoms with E-state index in [-0.39, 0.29) is 0 Å². The van der Waals surface area contributed by atoms with Crippen LogP contribution in [0.3, 0.4) is 0 Å². The van der Waals surface area contributed by atoms with Crippen molar-refractivity contribution in [1.29, 1.82) is 0 Å². The molecule has 1 heterocycles. The Hall–Kier alpha value is -1.50. The Morgan fingerprint density at radius 2 is 2.08 bits per heavy atom. The van der Waals surface area contributed by atoms with Gasteiger partial charge in [-0.2, -0.15) is 0 Å². The molecule has 0 aliphatic carbocycles. The van der Waals surface area contributed by atoms with Crippen molar-refractivity contribution in [3.05, 3.63) is 47.2 Å². The topological polar surface area (TPSA) is 9.23 Å². The van der Waals surface area contributed by atoms with E-state index in [2.05, 4.69) is 31.2 Å². The number of ether oxygens (including phenoxy) is 1. The highest BCUT2D eigenvalue weighted by Crippen LogP contribution is 2.28. The fourth-order valence-electron chi connectivity index (χ4n) is 1.36. The van der Waals surface area contributed by atoms with Gasteiger partial charge in [0.2, 0.25) is 0 Å². The van der Waals surface area contributed by atoms with Gasteiger partial charge in [-0.05, 0) is 43.7 Å². The average Bonchev–Trinajstić information content (AvgIpc) is 2.16. The van der Waals surface area contributed by atoms with Gasteiger partial charge in [-0.25, -0.2) is 0 Å². The highest BCUT2D eigenvalue weighted by Gasteiger charge is 2.07. The van der Waals surface area contributed by atoms with Crippen molar-refractivity contribution in [3.8, 4) is 5.75 Å². The van der Waals surface area contributed by atoms with E-state index in [9.17, 15) is 0 Å². The number of benzene rings is 1. The molecule has 0 saturated heterocycles. The zero-order valence-corrected chi connectivity index (χ0v) is 7.87. The van der Waals surface area contributed by atoms with Gasteiger partial charge in [0.1, 0.15) is 11.5 Å². The van der Waals surface area contributed by atoms with Crippen LogP contribution in [0.1, 0.15) is 18.1 Å². The SMILES string of the molecule is C/C=C1\C=Cc2ccc(C)cc2O1. The van der Waals surface area contributed by atoms with Gasteiger partial charge in [0, 0.05) is 5.56 Å². The van der Waals surface area contributed by atoms with Gasteiger partial charge in [-0.15, -0.1) is 0 Å². The summed E-state index contributed by atoms with van der Waals surface area (Å²) in [6, 6.07) is 6.23. The lowest BCUT2D eigenvalue weighted by Crippen LogP contribution is -1.98. The number of allylic oxidation sites excluding steroid dienone is 2. The smallest absolute Gasteiger partial charge is 0.134 e. The third kappa shape index (κ3) is 1.50. The molecule has 1 aliphatic heterocycles. The van der Waals surface area contributed by atoms with Gasteiger partial charge in [0.15, 0.2) is 0 Å². The second-order valence-corrected chi connectivity index (χ2v) is 3.17. The Labute approximate surface area is 78.3 Å². The number of hydrogen-bond acceptors (Lipinski definition) is 1. The predicted molar refractivity (Wildman–Crippen MR) is 54.6 cm³/mol. The highest BCUT2D eigenvalue weighted by molar-refractivity contribution is 5.63. The first-order chi connectivity index (χ1) is 6.29. The van der Waals surface area contributed by atoms with Gasteiger partial charge in [-0.1, -0.05) is 12.1 Å². The molecule has 66 valence electrons. The summed E-state index contributed by atoms with van der Waals surface area (Å²) < 4.78 is 5.64. The standard InChI is InChI=1S/C12H12O/c1-3-11-7-6-10-5-4-9(2)8-12(10)13-11/h3-8H,1-2H3/b11-3+. The Balaban J connectivity index is 2.47. The molecule has 1 aromatic rings. The quantitative estimate of drug-likeness (QED) is 0.583. The van der Waals surface area contributed by atoms with Crippen LogP contribution in [0.25, 0.3) is 6.08 Å². The second kappa shape index (κ2) is 3.09. The summed E-state index contributed by atoms with van der Waals surface area (Å²) in [7, 11) is 0. The van der Waals surface area contributed by atoms with Gasteiger partial charge in [0.25, 0.3) is 0 Å². The van der Waals surface area contributed by atoms with Crippen molar-refractivity contribution in [1.82, 2.24) is 0 Å². The first kappa shape index (κ1) is 8.11. The molecule has 1 aliphatic rings. The van der Waals surface area contributed by atoms with E-state index >= 15 is 0 Å². The number of aryl methyl sites for hydroxylation is 1. The summed E-state index contributed by atoms with van der Waals surface area (Å²) in [5, 5.41) is 0. The van der Waals surface area contributed by atoms with E-state index in [1.165, 1.54) is 5.56 Å². The Kier molecular flexibility index (Phi) is 1.93. The zero-order chi connectivity index (χ0) is 9.26. The molecule has 0 unspecified atom stereocenters. The first-order valence-electron chi connectivity index (χ1n) is 4.42. The van der Waals surface area contributed by atoms with E-state index in [0.29, 0.717) is 0 Å². The molecular weight excluding hydrogens is 160 g/mol. The van der Waals surface area contributed by atoms with E-state index < -0.39 is 0 Å². The lowest BCUT2D eigenvalue weighted by molar-refractivity contribution is 0.438. The third-order valence-electron chi connectivity index (χ3n) is 2.11. The minimum absolute atomic E-state index is 0.915. The molecule has 0 radical (unpaired) electrons. The number of hydrogen-bond donors (Lipinski definition) is 0. The molecule has 2 rings (SSSR count). The monoisotopic (exact) mass is 172 g/mol. The molecule has 0 spiro atoms. The van der Waals surface area contributed by atoms with Crippen molar-refractivity contribution in [2.75, 3.05) is 0 Å². The number of fused-ring (bicyclic) bond motifs is 1. The van der Waals surface area contributed by atoms with Crippen LogP contribution in [0.2, 0.25) is 0 Å². The van der Waals surface area contributed by atoms with Crippen molar-refractivity contribution < 1.29 is 4.74 Å². The lowest BCUT2D eigenvalue weighted by Gasteiger charge is -2.14. The predicted octanol–water partition coefficient (Wildman–Crippen LogP) is 3.30. The maximum absolute atomic E-state index is 5.64. The fraction of sp³-hybridized carbons (Fsp3) is 0.167. The van der Waals surface area contributed by atoms with E-state index in [1.54, 1.807) is 0 Å². The van der Waals surface area contributed by atoms with Crippen LogP contribution in [0.4, 0.5) is 0 Å². The first-order valence-corrected chi connectivity index (χ1v) is 4.42. The fourth-order valence-corrected chi connectivity index (χ4v) is 1.36. The van der Waals surface area contributed by atoms with Crippen LogP contribution >= 0.6 is 0 Å². The summed E-state index contributed by atoms with van der Waals surface area (Å²) in [5.41, 5.74) is 2.38. The molecule has 1 heteroatoms. The summed E-state index contributed by atoms with van der Waals surface area (Å²) in [6.45, 7) is 4.04. The molecule has 0 atom stereocenters. The van der Waals surface area contributed by atoms with E-state index in [4.69, 9.17) is 4.74 Å². The lowest BCUT2D eigenvalue weighted by atomic mass is 10.1. The minimum atomic E-state index is 0.915. The Bertz CT molecular complexity index is 386. The van der Waals surface area contributed by atoms with E-state index in [1.807, 2.05) is 19.1 Å². The van der Waals surface area contributed by atoms with Crippen LogP contribution in [0.15, 0.2) is 36.1 Å². The van der Waals surface area contributed by atoms with Gasteiger partial charge in [-0.3, -0.25) is 0 Å². The zero-order valence-electron chi connectivity index (χ0n) is 7.87. The molecule has 1 aromatic carbocycles. The molecule has 13 heavy (non-hydrogen) atoms. The van der Waals surface area contributed by atoms with Gasteiger partial charge < -0.3 is 4.74 Å². The van der Waals surface area contributed by atoms with Crippen LogP contribution in [0, 0.1) is 6.92 Å². The highest BCUT2D eigenvalue weighted by atomic mass is 16.5. The van der Waals surface area contributed by atoms with Crippen molar-refractivity contribution >= 4 is 6.08 Å². The van der Waals surface area contributed by atoms with Crippen LogP contribution < -0.4 is 4.74 Å². The molecule has 0 fully saturated rings. The molecule has 0 N–H and O–H groups in total. The second-order valence-electron chi connectivity index (χ2n) is 3.17. The molecule has 1 nitrogen and oxygen atoms in total. The van der Waals surface area contributed by atoms with Gasteiger partial charge >= 0.3 is 0 Å². The average molecular weight is 172 g/mol. The van der Waals surface area contributed by atoms with E-state index in [0.717, 1.165) is 17.1 Å². The van der Waals surface area contributed by atoms with Crippen molar-refractivity contribution in [2.45, 2.75) is 13.8 Å². The summed E-state index contributed by atoms with van der Waals surface area (Å²) in [5.74, 6) is 1.87. The molecular formula is C12H12O. The van der Waals surface area contributed by atoms with Crippen molar-refractivity contribution in [2.24, 2.45) is 0 Å². The molecule has 0 aromatic heterocycles. The molecule has 0 saturated carbocycles. The normalized spacial score (nSPS) is 16.9. The maximum atomic E-state index is 5.64. The Morgan fingerprint density at radius 3 is 2.85 bits per heavy atom. The maximum Gasteiger partial charge on any atom is 0.134 e. The summed E-state index contributed by atoms with van der Waals surface area (Å²) in [6.07, 6.45) is 6.02. The van der Waals surface area contributed by atoms with Crippen molar-refractivity contribution in [3.63, 3.8) is 0 Å². The van der Waals surface area contributed by atoms with Crippen LogP contribution in [-0.2, 0) is 0 Å². The van der Waals surface area contributed by atoms with Gasteiger partial charge in [0.05, 0.1) is 0 Å². The third-order valence-corrected chi connectivity index (χ3v) is 2.11. The largest absolute Gasteiger partial charge is 0.457 e. The van der Waals surface area contributed by atoms with Crippen LogP contribution in [0.5, 0.6) is 5.75 Å². The minimum Gasteiger partial charge on any atom is -0.457 e. The summed E-state index contributed by atoms with van der Waals surface area (Å²) in [4.78, 5) is 0. The summed E-state index contributed by atoms with van der Waals surface area (Å²) >= 11 is 0.